The van der Waals surface area contributed by atoms with Gasteiger partial charge in [-0.2, -0.15) is 0 Å². The van der Waals surface area contributed by atoms with Gasteiger partial charge in [0.1, 0.15) is 0 Å². The number of hydrogen-bond donors (Lipinski definition) is 1. The van der Waals surface area contributed by atoms with Crippen LogP contribution >= 0.6 is 0 Å². The Morgan fingerprint density at radius 1 is 1.07 bits per heavy atom. The van der Waals surface area contributed by atoms with Crippen LogP contribution in [0.25, 0.3) is 0 Å². The van der Waals surface area contributed by atoms with Gasteiger partial charge in [0.15, 0.2) is 0 Å². The summed E-state index contributed by atoms with van der Waals surface area (Å²) >= 11 is 0. The molecule has 0 heterocycles. The minimum absolute atomic E-state index is 0.656. The molecule has 1 fully saturated rings. The lowest BCUT2D eigenvalue weighted by atomic mass is 10.2. The van der Waals surface area contributed by atoms with Gasteiger partial charge in [-0.1, -0.05) is 0 Å². The average Bonchev–Trinajstić information content (AvgIpc) is 2.93. The first kappa shape index (κ1) is 13.0. The highest BCUT2D eigenvalue weighted by molar-refractivity contribution is 4.83. The molecule has 2 nitrogen and oxygen atoms in total. The summed E-state index contributed by atoms with van der Waals surface area (Å²) in [5.41, 5.74) is 0. The van der Waals surface area contributed by atoms with Crippen LogP contribution in [-0.4, -0.2) is 36.1 Å². The van der Waals surface area contributed by atoms with E-state index in [-0.39, 0.29) is 0 Å². The fourth-order valence-corrected chi connectivity index (χ4v) is 2.30. The molecular formula is C13H28N2. The molecule has 15 heavy (non-hydrogen) atoms. The Morgan fingerprint density at radius 2 is 1.60 bits per heavy atom. The van der Waals surface area contributed by atoms with Gasteiger partial charge in [-0.3, -0.25) is 4.90 Å². The van der Waals surface area contributed by atoms with E-state index >= 15 is 0 Å². The van der Waals surface area contributed by atoms with Crippen LogP contribution in [-0.2, 0) is 0 Å². The maximum Gasteiger partial charge on any atom is 0.0112 e. The molecule has 0 aliphatic heterocycles. The molecule has 0 unspecified atom stereocenters. The van der Waals surface area contributed by atoms with Crippen LogP contribution in [0.1, 0.15) is 47.5 Å². The Bertz CT molecular complexity index is 165. The predicted octanol–water partition coefficient (Wildman–Crippen LogP) is 2.49. The highest BCUT2D eigenvalue weighted by Crippen LogP contribution is 2.32. The van der Waals surface area contributed by atoms with Crippen molar-refractivity contribution >= 4 is 0 Å². The number of nitrogens with zero attached hydrogens (tertiary/aromatic N) is 1. The van der Waals surface area contributed by atoms with Gasteiger partial charge in [0.05, 0.1) is 0 Å². The zero-order chi connectivity index (χ0) is 11.4. The van der Waals surface area contributed by atoms with Crippen molar-refractivity contribution in [1.82, 2.24) is 10.2 Å². The molecule has 1 atom stereocenters. The van der Waals surface area contributed by atoms with Crippen LogP contribution in [0.15, 0.2) is 0 Å². The maximum absolute atomic E-state index is 3.64. The highest BCUT2D eigenvalue weighted by atomic mass is 15.2. The second kappa shape index (κ2) is 5.86. The van der Waals surface area contributed by atoms with Gasteiger partial charge >= 0.3 is 0 Å². The van der Waals surface area contributed by atoms with Crippen LogP contribution in [0.5, 0.6) is 0 Å². The van der Waals surface area contributed by atoms with Gasteiger partial charge in [-0.25, -0.2) is 0 Å². The average molecular weight is 212 g/mol. The first-order valence-electron chi connectivity index (χ1n) is 6.51. The van der Waals surface area contributed by atoms with Crippen molar-refractivity contribution in [2.24, 2.45) is 5.92 Å². The van der Waals surface area contributed by atoms with Crippen LogP contribution in [0.2, 0.25) is 0 Å². The normalized spacial score (nSPS) is 19.2. The molecule has 0 spiro atoms. The van der Waals surface area contributed by atoms with Crippen molar-refractivity contribution in [3.05, 3.63) is 0 Å². The molecule has 1 aliphatic rings. The summed E-state index contributed by atoms with van der Waals surface area (Å²) in [6, 6.07) is 2.04. The molecule has 0 saturated heterocycles. The third-order valence-corrected chi connectivity index (χ3v) is 3.49. The van der Waals surface area contributed by atoms with Crippen LogP contribution in [0.4, 0.5) is 0 Å². The van der Waals surface area contributed by atoms with E-state index in [1.54, 1.807) is 0 Å². The topological polar surface area (TPSA) is 15.3 Å². The lowest BCUT2D eigenvalue weighted by molar-refractivity contribution is 0.173. The van der Waals surface area contributed by atoms with Gasteiger partial charge < -0.3 is 5.32 Å². The Morgan fingerprint density at radius 3 is 2.00 bits per heavy atom. The fraction of sp³-hybridized carbons (Fsp3) is 1.00. The largest absolute Gasteiger partial charge is 0.313 e. The molecule has 2 heteroatoms. The van der Waals surface area contributed by atoms with Gasteiger partial charge in [0.25, 0.3) is 0 Å². The van der Waals surface area contributed by atoms with Crippen molar-refractivity contribution in [3.8, 4) is 0 Å². The lowest BCUT2D eigenvalue weighted by Crippen LogP contribution is -2.43. The van der Waals surface area contributed by atoms with Gasteiger partial charge in [0, 0.05) is 31.2 Å². The number of hydrogen-bond acceptors (Lipinski definition) is 2. The quantitative estimate of drug-likeness (QED) is 0.697. The third-order valence-electron chi connectivity index (χ3n) is 3.49. The minimum Gasteiger partial charge on any atom is -0.313 e. The maximum atomic E-state index is 3.64. The molecule has 0 aromatic rings. The summed E-state index contributed by atoms with van der Waals surface area (Å²) in [5, 5.41) is 3.64. The van der Waals surface area contributed by atoms with E-state index in [2.05, 4.69) is 44.8 Å². The third kappa shape index (κ3) is 4.52. The summed E-state index contributed by atoms with van der Waals surface area (Å²) in [6.07, 6.45) is 2.87. The zero-order valence-electron chi connectivity index (χ0n) is 11.1. The molecule has 1 aliphatic carbocycles. The van der Waals surface area contributed by atoms with Crippen molar-refractivity contribution < 1.29 is 0 Å². The number of nitrogens with one attached hydrogen (secondary N) is 1. The van der Waals surface area contributed by atoms with Crippen LogP contribution in [0.3, 0.4) is 0 Å². The van der Waals surface area contributed by atoms with Crippen molar-refractivity contribution in [2.45, 2.75) is 65.6 Å². The van der Waals surface area contributed by atoms with Crippen LogP contribution < -0.4 is 5.32 Å². The SMILES string of the molecule is CC(C)N(CCN[C@@H](C)C1CC1)C(C)C. The summed E-state index contributed by atoms with van der Waals surface area (Å²) in [7, 11) is 0. The Kier molecular flexibility index (Phi) is 5.07. The second-order valence-electron chi connectivity index (χ2n) is 5.51. The zero-order valence-corrected chi connectivity index (χ0v) is 11.1. The summed E-state index contributed by atoms with van der Waals surface area (Å²) in [4.78, 5) is 2.55. The van der Waals surface area contributed by atoms with E-state index in [1.165, 1.54) is 19.4 Å². The van der Waals surface area contributed by atoms with Crippen molar-refractivity contribution in [1.29, 1.82) is 0 Å². The summed E-state index contributed by atoms with van der Waals surface area (Å²) < 4.78 is 0. The first-order chi connectivity index (χ1) is 7.02. The molecule has 90 valence electrons. The van der Waals surface area contributed by atoms with Gasteiger partial charge in [-0.05, 0) is 53.4 Å². The molecule has 0 amide bonds. The molecular weight excluding hydrogens is 184 g/mol. The smallest absolute Gasteiger partial charge is 0.0112 e. The Hall–Kier alpha value is -0.0800. The van der Waals surface area contributed by atoms with E-state index in [9.17, 15) is 0 Å². The van der Waals surface area contributed by atoms with Crippen molar-refractivity contribution in [2.75, 3.05) is 13.1 Å². The summed E-state index contributed by atoms with van der Waals surface area (Å²) in [6.45, 7) is 13.8. The highest BCUT2D eigenvalue weighted by Gasteiger charge is 2.27. The fourth-order valence-electron chi connectivity index (χ4n) is 2.30. The molecule has 1 N–H and O–H groups in total. The van der Waals surface area contributed by atoms with E-state index in [4.69, 9.17) is 0 Å². The van der Waals surface area contributed by atoms with Gasteiger partial charge in [-0.15, -0.1) is 0 Å². The molecule has 0 aromatic carbocycles. The molecule has 0 aromatic heterocycles. The Labute approximate surface area is 95.4 Å². The standard InChI is InChI=1S/C13H28N2/c1-10(2)15(11(3)4)9-8-14-12(5)13-6-7-13/h10-14H,6-9H2,1-5H3/t12-/m0/s1. The first-order valence-corrected chi connectivity index (χ1v) is 6.51. The van der Waals surface area contributed by atoms with E-state index < -0.39 is 0 Å². The number of rotatable bonds is 7. The molecule has 0 radical (unpaired) electrons. The molecule has 1 rings (SSSR count). The van der Waals surface area contributed by atoms with Crippen molar-refractivity contribution in [3.63, 3.8) is 0 Å². The Balaban J connectivity index is 2.15. The lowest BCUT2D eigenvalue weighted by Gasteiger charge is -2.31. The summed E-state index contributed by atoms with van der Waals surface area (Å²) in [5.74, 6) is 0.969. The van der Waals surface area contributed by atoms with Crippen LogP contribution in [0, 0.1) is 5.92 Å². The second-order valence-corrected chi connectivity index (χ2v) is 5.51. The molecule has 0 bridgehead atoms. The van der Waals surface area contributed by atoms with E-state index in [0.29, 0.717) is 12.1 Å². The monoisotopic (exact) mass is 212 g/mol. The van der Waals surface area contributed by atoms with Gasteiger partial charge in [0.2, 0.25) is 0 Å². The molecule has 1 saturated carbocycles. The minimum atomic E-state index is 0.656. The van der Waals surface area contributed by atoms with E-state index in [1.807, 2.05) is 0 Å². The van der Waals surface area contributed by atoms with E-state index in [0.717, 1.165) is 18.5 Å². The predicted molar refractivity (Wildman–Crippen MR) is 67.2 cm³/mol.